The molecule has 1 aliphatic rings. The minimum Gasteiger partial charge on any atom is -0.367 e. The maximum absolute atomic E-state index is 13.5. The van der Waals surface area contributed by atoms with Crippen LogP contribution in [0.1, 0.15) is 16.1 Å². The lowest BCUT2D eigenvalue weighted by molar-refractivity contribution is 0.0743. The zero-order chi connectivity index (χ0) is 23.8. The summed E-state index contributed by atoms with van der Waals surface area (Å²) in [5.74, 6) is 0.792. The van der Waals surface area contributed by atoms with Gasteiger partial charge in [-0.1, -0.05) is 24.3 Å². The van der Waals surface area contributed by atoms with Gasteiger partial charge in [-0.05, 0) is 63.8 Å². The smallest absolute Gasteiger partial charge is 0.255 e. The molecule has 0 unspecified atom stereocenters. The molecule has 4 heterocycles. The second-order valence-electron chi connectivity index (χ2n) is 8.45. The fourth-order valence-corrected chi connectivity index (χ4v) is 7.10. The molecule has 5 aromatic rings. The van der Waals surface area contributed by atoms with E-state index in [1.165, 1.54) is 15.8 Å². The third-order valence-corrected chi connectivity index (χ3v) is 9.21. The molecule has 6 rings (SSSR count). The molecule has 0 aliphatic carbocycles. The normalized spacial score (nSPS) is 14.2. The second-order valence-corrected chi connectivity index (χ2v) is 11.2. The molecule has 0 radical (unpaired) electrons. The number of carbonyl (C=O) groups is 1. The van der Waals surface area contributed by atoms with Crippen LogP contribution in [0.25, 0.3) is 15.7 Å². The standard InChI is InChI=1S/C27H23BrN4OS2/c28-26-21(29-25-10-3-4-12-32(25)26)18-35-24-8-2-1-6-20(24)27(33)31-15-13-30(14-16-31)22-7-5-9-23-19(22)11-17-34-23/h1-12,17H,13-16,18H2. The fourth-order valence-electron chi connectivity index (χ4n) is 4.60. The van der Waals surface area contributed by atoms with E-state index in [2.05, 4.69) is 50.5 Å². The number of anilines is 1. The van der Waals surface area contributed by atoms with Crippen LogP contribution in [0.3, 0.4) is 0 Å². The Bertz CT molecular complexity index is 1520. The van der Waals surface area contributed by atoms with Crippen LogP contribution in [-0.4, -0.2) is 46.4 Å². The van der Waals surface area contributed by atoms with Crippen molar-refractivity contribution < 1.29 is 4.79 Å². The summed E-state index contributed by atoms with van der Waals surface area (Å²) in [7, 11) is 0. The number of thioether (sulfide) groups is 1. The Labute approximate surface area is 220 Å². The number of hydrogen-bond acceptors (Lipinski definition) is 5. The average Bonchev–Trinajstić information content (AvgIpc) is 3.52. The molecule has 0 spiro atoms. The minimum atomic E-state index is 0.107. The van der Waals surface area contributed by atoms with E-state index in [-0.39, 0.29) is 5.91 Å². The lowest BCUT2D eigenvalue weighted by atomic mass is 10.1. The third-order valence-electron chi connectivity index (χ3n) is 6.40. The Morgan fingerprint density at radius 3 is 2.66 bits per heavy atom. The number of imidazole rings is 1. The number of aromatic nitrogens is 2. The van der Waals surface area contributed by atoms with Crippen molar-refractivity contribution in [3.8, 4) is 0 Å². The van der Waals surface area contributed by atoms with Gasteiger partial charge in [0.05, 0.1) is 11.3 Å². The van der Waals surface area contributed by atoms with Crippen molar-refractivity contribution in [3.63, 3.8) is 0 Å². The van der Waals surface area contributed by atoms with Crippen LogP contribution in [0.5, 0.6) is 0 Å². The molecular weight excluding hydrogens is 540 g/mol. The summed E-state index contributed by atoms with van der Waals surface area (Å²) in [6, 6.07) is 22.6. The number of hydrogen-bond donors (Lipinski definition) is 0. The highest BCUT2D eigenvalue weighted by Crippen LogP contribution is 2.33. The summed E-state index contributed by atoms with van der Waals surface area (Å²) in [5, 5.41) is 3.45. The molecule has 1 aliphatic heterocycles. The van der Waals surface area contributed by atoms with E-state index in [1.54, 1.807) is 23.1 Å². The first-order chi connectivity index (χ1) is 17.2. The minimum absolute atomic E-state index is 0.107. The molecule has 176 valence electrons. The lowest BCUT2D eigenvalue weighted by Gasteiger charge is -2.36. The van der Waals surface area contributed by atoms with Crippen LogP contribution < -0.4 is 4.90 Å². The number of halogens is 1. The second kappa shape index (κ2) is 9.68. The molecule has 2 aromatic carbocycles. The molecule has 0 bridgehead atoms. The van der Waals surface area contributed by atoms with Gasteiger partial charge < -0.3 is 9.80 Å². The third kappa shape index (κ3) is 4.35. The van der Waals surface area contributed by atoms with Gasteiger partial charge in [0.25, 0.3) is 5.91 Å². The maximum Gasteiger partial charge on any atom is 0.255 e. The number of piperazine rings is 1. The first-order valence-corrected chi connectivity index (χ1v) is 14.2. The summed E-state index contributed by atoms with van der Waals surface area (Å²) in [4.78, 5) is 23.6. The van der Waals surface area contributed by atoms with Crippen molar-refractivity contribution in [2.45, 2.75) is 10.6 Å². The lowest BCUT2D eigenvalue weighted by Crippen LogP contribution is -2.49. The van der Waals surface area contributed by atoms with E-state index in [0.29, 0.717) is 5.75 Å². The SMILES string of the molecule is O=C(c1ccccc1SCc1nc2ccccn2c1Br)N1CCN(c2cccc3sccc23)CC1. The number of benzene rings is 2. The zero-order valence-electron chi connectivity index (χ0n) is 18.9. The summed E-state index contributed by atoms with van der Waals surface area (Å²) in [5.41, 5.74) is 3.92. The van der Waals surface area contributed by atoms with E-state index in [4.69, 9.17) is 4.98 Å². The van der Waals surface area contributed by atoms with Gasteiger partial charge in [-0.3, -0.25) is 9.20 Å². The quantitative estimate of drug-likeness (QED) is 0.227. The van der Waals surface area contributed by atoms with Crippen molar-refractivity contribution >= 4 is 66.4 Å². The van der Waals surface area contributed by atoms with Crippen molar-refractivity contribution in [1.29, 1.82) is 0 Å². The van der Waals surface area contributed by atoms with Crippen molar-refractivity contribution in [3.05, 3.63) is 94.2 Å². The van der Waals surface area contributed by atoms with Crippen molar-refractivity contribution in [2.24, 2.45) is 0 Å². The molecule has 1 amide bonds. The molecule has 0 saturated carbocycles. The van der Waals surface area contributed by atoms with Gasteiger partial charge in [0.1, 0.15) is 10.3 Å². The van der Waals surface area contributed by atoms with Crippen LogP contribution in [0.4, 0.5) is 5.69 Å². The highest BCUT2D eigenvalue weighted by molar-refractivity contribution is 9.10. The van der Waals surface area contributed by atoms with Gasteiger partial charge in [0.2, 0.25) is 0 Å². The number of pyridine rings is 1. The fraction of sp³-hybridized carbons (Fsp3) is 0.185. The highest BCUT2D eigenvalue weighted by Gasteiger charge is 2.25. The first-order valence-electron chi connectivity index (χ1n) is 11.5. The number of rotatable bonds is 5. The van der Waals surface area contributed by atoms with E-state index in [9.17, 15) is 4.79 Å². The van der Waals surface area contributed by atoms with Gasteiger partial charge in [-0.15, -0.1) is 23.1 Å². The van der Waals surface area contributed by atoms with Crippen molar-refractivity contribution in [1.82, 2.24) is 14.3 Å². The summed E-state index contributed by atoms with van der Waals surface area (Å²) < 4.78 is 4.30. The van der Waals surface area contributed by atoms with Crippen LogP contribution >= 0.6 is 39.0 Å². The number of thiophene rings is 1. The van der Waals surface area contributed by atoms with Crippen LogP contribution in [0, 0.1) is 0 Å². The highest BCUT2D eigenvalue weighted by atomic mass is 79.9. The molecule has 5 nitrogen and oxygen atoms in total. The van der Waals surface area contributed by atoms with Crippen LogP contribution in [-0.2, 0) is 5.75 Å². The number of fused-ring (bicyclic) bond motifs is 2. The van der Waals surface area contributed by atoms with E-state index in [0.717, 1.165) is 52.6 Å². The Morgan fingerprint density at radius 1 is 0.971 bits per heavy atom. The van der Waals surface area contributed by atoms with Crippen LogP contribution in [0.2, 0.25) is 0 Å². The van der Waals surface area contributed by atoms with E-state index >= 15 is 0 Å². The molecule has 3 aromatic heterocycles. The van der Waals surface area contributed by atoms with Gasteiger partial charge in [0, 0.05) is 58.8 Å². The average molecular weight is 564 g/mol. The largest absolute Gasteiger partial charge is 0.367 e. The summed E-state index contributed by atoms with van der Waals surface area (Å²) >= 11 is 7.11. The number of carbonyl (C=O) groups excluding carboxylic acids is 1. The monoisotopic (exact) mass is 562 g/mol. The molecule has 1 fully saturated rings. The van der Waals surface area contributed by atoms with Gasteiger partial charge in [0.15, 0.2) is 0 Å². The van der Waals surface area contributed by atoms with Crippen LogP contribution in [0.15, 0.2) is 87.8 Å². The maximum atomic E-state index is 13.5. The zero-order valence-corrected chi connectivity index (χ0v) is 22.2. The molecular formula is C27H23BrN4OS2. The van der Waals surface area contributed by atoms with Gasteiger partial charge >= 0.3 is 0 Å². The predicted molar refractivity (Wildman–Crippen MR) is 149 cm³/mol. The first kappa shape index (κ1) is 22.6. The van der Waals surface area contributed by atoms with E-state index in [1.807, 2.05) is 58.0 Å². The molecule has 0 atom stereocenters. The predicted octanol–water partition coefficient (Wildman–Crippen LogP) is 6.57. The summed E-state index contributed by atoms with van der Waals surface area (Å²) in [6.45, 7) is 3.11. The van der Waals surface area contributed by atoms with Gasteiger partial charge in [-0.25, -0.2) is 4.98 Å². The summed E-state index contributed by atoms with van der Waals surface area (Å²) in [6.07, 6.45) is 2.00. The van der Waals surface area contributed by atoms with Crippen molar-refractivity contribution in [2.75, 3.05) is 31.1 Å². The van der Waals surface area contributed by atoms with Gasteiger partial charge in [-0.2, -0.15) is 0 Å². The number of amides is 1. The topological polar surface area (TPSA) is 40.9 Å². The molecule has 0 N–H and O–H groups in total. The Balaban J connectivity index is 1.16. The van der Waals surface area contributed by atoms with E-state index < -0.39 is 0 Å². The molecule has 35 heavy (non-hydrogen) atoms. The Hall–Kier alpha value is -2.81. The molecule has 1 saturated heterocycles. The Kier molecular flexibility index (Phi) is 6.26. The molecule has 8 heteroatoms. The Morgan fingerprint density at radius 2 is 1.80 bits per heavy atom. The number of nitrogens with zero attached hydrogens (tertiary/aromatic N) is 4.